The number of rotatable bonds is 2. The number of hydrogen-bond donors (Lipinski definition) is 0. The van der Waals surface area contributed by atoms with Crippen molar-refractivity contribution in [2.75, 3.05) is 7.11 Å². The van der Waals surface area contributed by atoms with E-state index in [0.29, 0.717) is 5.76 Å². The van der Waals surface area contributed by atoms with Crippen LogP contribution in [-0.4, -0.2) is 12.9 Å². The van der Waals surface area contributed by atoms with E-state index in [4.69, 9.17) is 4.74 Å². The highest BCUT2D eigenvalue weighted by atomic mass is 16.5. The number of carbonyl (C=O) groups is 1. The molecule has 0 aromatic heterocycles. The maximum atomic E-state index is 11.0. The van der Waals surface area contributed by atoms with Gasteiger partial charge in [0.2, 0.25) is 5.78 Å². The minimum atomic E-state index is -0.0984. The Hall–Kier alpha value is -1.57. The van der Waals surface area contributed by atoms with E-state index in [1.54, 1.807) is 18.2 Å². The summed E-state index contributed by atoms with van der Waals surface area (Å²) in [5.41, 5.74) is 0.918. The molecule has 0 radical (unpaired) electrons. The fourth-order valence-electron chi connectivity index (χ4n) is 0.924. The van der Waals surface area contributed by atoms with Gasteiger partial charge in [-0.15, -0.1) is 0 Å². The molecule has 0 spiro atoms. The molecule has 0 bridgehead atoms. The molecule has 1 rings (SSSR count). The van der Waals surface area contributed by atoms with Gasteiger partial charge in [-0.2, -0.15) is 0 Å². The molecule has 12 heavy (non-hydrogen) atoms. The number of carbonyl (C=O) groups excluding carboxylic acids is 1. The van der Waals surface area contributed by atoms with Gasteiger partial charge in [0, 0.05) is 0 Å². The normalized spacial score (nSPS) is 19.2. The van der Waals surface area contributed by atoms with Crippen molar-refractivity contribution < 1.29 is 9.53 Å². The maximum absolute atomic E-state index is 11.0. The molecule has 0 aromatic rings. The van der Waals surface area contributed by atoms with Crippen molar-refractivity contribution in [1.82, 2.24) is 0 Å². The first kappa shape index (κ1) is 8.53. The quantitative estimate of drug-likeness (QED) is 0.618. The molecule has 0 saturated heterocycles. The number of ketones is 1. The van der Waals surface area contributed by atoms with Crippen LogP contribution in [0.4, 0.5) is 0 Å². The SMILES string of the molecule is C=CC=C1C=CC(=O)C(OC)=C1. The molecule has 0 saturated carbocycles. The molecule has 0 amide bonds. The molecular formula is C10H10O2. The van der Waals surface area contributed by atoms with E-state index >= 15 is 0 Å². The number of methoxy groups -OCH3 is 1. The van der Waals surface area contributed by atoms with Gasteiger partial charge < -0.3 is 4.74 Å². The zero-order chi connectivity index (χ0) is 8.97. The Morgan fingerprint density at radius 3 is 2.83 bits per heavy atom. The lowest BCUT2D eigenvalue weighted by molar-refractivity contribution is -0.114. The predicted octanol–water partition coefficient (Wildman–Crippen LogP) is 1.77. The molecule has 2 nitrogen and oxygen atoms in total. The fourth-order valence-corrected chi connectivity index (χ4v) is 0.924. The number of hydrogen-bond acceptors (Lipinski definition) is 2. The molecule has 0 heterocycles. The lowest BCUT2D eigenvalue weighted by atomic mass is 10.1. The van der Waals surface area contributed by atoms with Gasteiger partial charge in [-0.3, -0.25) is 4.79 Å². The Balaban J connectivity index is 2.93. The van der Waals surface area contributed by atoms with Crippen molar-refractivity contribution in [3.63, 3.8) is 0 Å². The highest BCUT2D eigenvalue weighted by Crippen LogP contribution is 2.12. The molecular weight excluding hydrogens is 152 g/mol. The molecule has 0 unspecified atom stereocenters. The molecule has 1 aliphatic rings. The zero-order valence-corrected chi connectivity index (χ0v) is 6.91. The van der Waals surface area contributed by atoms with Crippen molar-refractivity contribution in [2.24, 2.45) is 0 Å². The Bertz CT molecular complexity index is 293. The molecule has 0 fully saturated rings. The minimum Gasteiger partial charge on any atom is -0.493 e. The van der Waals surface area contributed by atoms with Crippen molar-refractivity contribution >= 4 is 5.78 Å². The van der Waals surface area contributed by atoms with Crippen molar-refractivity contribution in [1.29, 1.82) is 0 Å². The van der Waals surface area contributed by atoms with Crippen LogP contribution in [-0.2, 0) is 9.53 Å². The first-order valence-corrected chi connectivity index (χ1v) is 3.58. The Labute approximate surface area is 71.5 Å². The average molecular weight is 162 g/mol. The van der Waals surface area contributed by atoms with Gasteiger partial charge in [0.25, 0.3) is 0 Å². The third-order valence-corrected chi connectivity index (χ3v) is 1.50. The minimum absolute atomic E-state index is 0.0984. The fraction of sp³-hybridized carbons (Fsp3) is 0.100. The second-order valence-corrected chi connectivity index (χ2v) is 2.31. The molecule has 1 aliphatic carbocycles. The second-order valence-electron chi connectivity index (χ2n) is 2.31. The van der Waals surface area contributed by atoms with E-state index in [-0.39, 0.29) is 5.78 Å². The Morgan fingerprint density at radius 2 is 2.25 bits per heavy atom. The summed E-state index contributed by atoms with van der Waals surface area (Å²) in [6, 6.07) is 0. The third-order valence-electron chi connectivity index (χ3n) is 1.50. The van der Waals surface area contributed by atoms with Gasteiger partial charge in [-0.25, -0.2) is 0 Å². The van der Waals surface area contributed by atoms with Gasteiger partial charge in [-0.05, 0) is 17.7 Å². The van der Waals surface area contributed by atoms with E-state index in [1.807, 2.05) is 6.08 Å². The van der Waals surface area contributed by atoms with Crippen LogP contribution < -0.4 is 0 Å². The predicted molar refractivity (Wildman–Crippen MR) is 47.5 cm³/mol. The molecule has 0 atom stereocenters. The van der Waals surface area contributed by atoms with E-state index in [9.17, 15) is 4.79 Å². The van der Waals surface area contributed by atoms with E-state index in [2.05, 4.69) is 6.58 Å². The van der Waals surface area contributed by atoms with Crippen molar-refractivity contribution in [2.45, 2.75) is 0 Å². The highest BCUT2D eigenvalue weighted by molar-refractivity contribution is 6.04. The van der Waals surface area contributed by atoms with Crippen LogP contribution in [0.15, 0.2) is 48.3 Å². The van der Waals surface area contributed by atoms with Gasteiger partial charge in [0.05, 0.1) is 7.11 Å². The first-order valence-electron chi connectivity index (χ1n) is 3.58. The van der Waals surface area contributed by atoms with Crippen LogP contribution in [0.3, 0.4) is 0 Å². The summed E-state index contributed by atoms with van der Waals surface area (Å²) >= 11 is 0. The van der Waals surface area contributed by atoms with Gasteiger partial charge in [0.15, 0.2) is 5.76 Å². The standard InChI is InChI=1S/C10H10O2/c1-3-4-8-5-6-9(11)10(7-8)12-2/h3-7H,1H2,2H3. The summed E-state index contributed by atoms with van der Waals surface area (Å²) in [4.78, 5) is 11.0. The van der Waals surface area contributed by atoms with Crippen LogP contribution >= 0.6 is 0 Å². The summed E-state index contributed by atoms with van der Waals surface area (Å²) in [6.07, 6.45) is 8.37. The van der Waals surface area contributed by atoms with Crippen molar-refractivity contribution in [3.8, 4) is 0 Å². The van der Waals surface area contributed by atoms with E-state index in [1.165, 1.54) is 13.2 Å². The van der Waals surface area contributed by atoms with Crippen LogP contribution in [0.1, 0.15) is 0 Å². The lowest BCUT2D eigenvalue weighted by Gasteiger charge is -2.06. The molecule has 0 N–H and O–H groups in total. The number of ether oxygens (including phenoxy) is 1. The maximum Gasteiger partial charge on any atom is 0.220 e. The van der Waals surface area contributed by atoms with Gasteiger partial charge in [-0.1, -0.05) is 24.8 Å². The Kier molecular flexibility index (Phi) is 2.64. The average Bonchev–Trinajstić information content (AvgIpc) is 2.09. The van der Waals surface area contributed by atoms with Gasteiger partial charge >= 0.3 is 0 Å². The summed E-state index contributed by atoms with van der Waals surface area (Å²) in [6.45, 7) is 3.56. The smallest absolute Gasteiger partial charge is 0.220 e. The van der Waals surface area contributed by atoms with E-state index in [0.717, 1.165) is 5.57 Å². The Morgan fingerprint density at radius 1 is 1.50 bits per heavy atom. The van der Waals surface area contributed by atoms with Crippen LogP contribution in [0.2, 0.25) is 0 Å². The number of allylic oxidation sites excluding steroid dienone is 6. The second kappa shape index (κ2) is 3.72. The molecule has 62 valence electrons. The molecule has 0 aliphatic heterocycles. The van der Waals surface area contributed by atoms with Crippen molar-refractivity contribution in [3.05, 3.63) is 48.3 Å². The van der Waals surface area contributed by atoms with E-state index < -0.39 is 0 Å². The lowest BCUT2D eigenvalue weighted by Crippen LogP contribution is -2.04. The molecule has 0 aromatic carbocycles. The topological polar surface area (TPSA) is 26.3 Å². The third kappa shape index (κ3) is 1.72. The molecule has 2 heteroatoms. The van der Waals surface area contributed by atoms with Gasteiger partial charge in [0.1, 0.15) is 0 Å². The monoisotopic (exact) mass is 162 g/mol. The zero-order valence-electron chi connectivity index (χ0n) is 6.91. The van der Waals surface area contributed by atoms with Crippen LogP contribution in [0.25, 0.3) is 0 Å². The van der Waals surface area contributed by atoms with Crippen LogP contribution in [0, 0.1) is 0 Å². The largest absolute Gasteiger partial charge is 0.493 e. The first-order chi connectivity index (χ1) is 5.77. The summed E-state index contributed by atoms with van der Waals surface area (Å²) in [7, 11) is 1.48. The summed E-state index contributed by atoms with van der Waals surface area (Å²) in [5, 5.41) is 0. The highest BCUT2D eigenvalue weighted by Gasteiger charge is 2.10. The summed E-state index contributed by atoms with van der Waals surface area (Å²) in [5.74, 6) is 0.268. The van der Waals surface area contributed by atoms with Crippen LogP contribution in [0.5, 0.6) is 0 Å². The summed E-state index contributed by atoms with van der Waals surface area (Å²) < 4.78 is 4.87.